The number of rotatable bonds is 2. The van der Waals surface area contributed by atoms with Crippen molar-refractivity contribution in [2.75, 3.05) is 0 Å². The van der Waals surface area contributed by atoms with Crippen molar-refractivity contribution in [1.82, 2.24) is 4.57 Å². The maximum atomic E-state index is 6.90. The molecule has 0 saturated carbocycles. The molecule has 0 unspecified atom stereocenters. The number of nitrogens with zero attached hydrogens (tertiary/aromatic N) is 2. The summed E-state index contributed by atoms with van der Waals surface area (Å²) in [6.07, 6.45) is 3.04. The van der Waals surface area contributed by atoms with E-state index in [2.05, 4.69) is 22.7 Å². The first kappa shape index (κ1) is 10.4. The van der Waals surface area contributed by atoms with E-state index in [0.29, 0.717) is 5.84 Å². The highest BCUT2D eigenvalue weighted by molar-refractivity contribution is 6.03. The van der Waals surface area contributed by atoms with Gasteiger partial charge >= 0.3 is 0 Å². The number of fused-ring (bicyclic) bond motifs is 1. The molecule has 16 heavy (non-hydrogen) atoms. The summed E-state index contributed by atoms with van der Waals surface area (Å²) in [5, 5.41) is 8.06. The Balaban J connectivity index is 2.64. The lowest BCUT2D eigenvalue weighted by Crippen LogP contribution is -2.13. The van der Waals surface area contributed by atoms with Gasteiger partial charge in [-0.3, -0.25) is 5.41 Å². The first-order valence-electron chi connectivity index (χ1n) is 5.01. The molecule has 0 aliphatic rings. The van der Waals surface area contributed by atoms with Gasteiger partial charge in [-0.05, 0) is 30.7 Å². The normalized spacial score (nSPS) is 12.0. The SMILES string of the molecule is Cc1cn(C)c2ccc(C(N)=NC=N)cc12. The van der Waals surface area contributed by atoms with Gasteiger partial charge in [-0.2, -0.15) is 0 Å². The largest absolute Gasteiger partial charge is 0.383 e. The van der Waals surface area contributed by atoms with Gasteiger partial charge in [-0.25, -0.2) is 4.99 Å². The Bertz CT molecular complexity index is 578. The highest BCUT2D eigenvalue weighted by Gasteiger charge is 2.05. The molecule has 1 aromatic carbocycles. The van der Waals surface area contributed by atoms with Crippen molar-refractivity contribution in [3.8, 4) is 0 Å². The second kappa shape index (κ2) is 3.81. The third-order valence-electron chi connectivity index (χ3n) is 2.69. The Labute approximate surface area is 93.9 Å². The predicted molar refractivity (Wildman–Crippen MR) is 67.2 cm³/mol. The zero-order valence-electron chi connectivity index (χ0n) is 9.36. The van der Waals surface area contributed by atoms with E-state index in [1.807, 2.05) is 25.2 Å². The number of nitrogens with one attached hydrogen (secondary N) is 1. The van der Waals surface area contributed by atoms with Gasteiger partial charge in [-0.15, -0.1) is 0 Å². The van der Waals surface area contributed by atoms with E-state index in [4.69, 9.17) is 11.1 Å². The third kappa shape index (κ3) is 1.58. The minimum atomic E-state index is 0.375. The molecule has 3 N–H and O–H groups in total. The number of hydrogen-bond acceptors (Lipinski definition) is 1. The van der Waals surface area contributed by atoms with Gasteiger partial charge in [0, 0.05) is 29.7 Å². The Morgan fingerprint density at radius 2 is 2.25 bits per heavy atom. The zero-order chi connectivity index (χ0) is 11.7. The lowest BCUT2D eigenvalue weighted by Gasteiger charge is -2.01. The molecule has 4 heteroatoms. The fourth-order valence-electron chi connectivity index (χ4n) is 1.89. The van der Waals surface area contributed by atoms with Crippen LogP contribution in [0.3, 0.4) is 0 Å². The second-order valence-electron chi connectivity index (χ2n) is 3.80. The summed E-state index contributed by atoms with van der Waals surface area (Å²) in [5.41, 5.74) is 8.98. The molecule has 4 nitrogen and oxygen atoms in total. The predicted octanol–water partition coefficient (Wildman–Crippen LogP) is 1.80. The quantitative estimate of drug-likeness (QED) is 0.581. The van der Waals surface area contributed by atoms with E-state index in [1.54, 1.807) is 0 Å². The van der Waals surface area contributed by atoms with Gasteiger partial charge < -0.3 is 10.3 Å². The topological polar surface area (TPSA) is 67.2 Å². The third-order valence-corrected chi connectivity index (χ3v) is 2.69. The molecule has 0 radical (unpaired) electrons. The number of aryl methyl sites for hydroxylation is 2. The first-order valence-corrected chi connectivity index (χ1v) is 5.01. The Hall–Kier alpha value is -2.10. The van der Waals surface area contributed by atoms with Crippen LogP contribution in [0.25, 0.3) is 10.9 Å². The zero-order valence-corrected chi connectivity index (χ0v) is 9.36. The molecule has 2 rings (SSSR count). The van der Waals surface area contributed by atoms with Crippen LogP contribution >= 0.6 is 0 Å². The minimum Gasteiger partial charge on any atom is -0.383 e. The molecule has 1 aromatic heterocycles. The van der Waals surface area contributed by atoms with Gasteiger partial charge in [0.05, 0.1) is 0 Å². The maximum Gasteiger partial charge on any atom is 0.132 e. The highest BCUT2D eigenvalue weighted by atomic mass is 14.9. The van der Waals surface area contributed by atoms with Crippen LogP contribution in [0.5, 0.6) is 0 Å². The summed E-state index contributed by atoms with van der Waals surface area (Å²) >= 11 is 0. The maximum absolute atomic E-state index is 6.90. The summed E-state index contributed by atoms with van der Waals surface area (Å²) in [4.78, 5) is 3.77. The Morgan fingerprint density at radius 1 is 1.50 bits per heavy atom. The molecular formula is C12H14N4. The van der Waals surface area contributed by atoms with E-state index in [0.717, 1.165) is 11.9 Å². The standard InChI is InChI=1S/C12H14N4/c1-8-6-16(2)11-4-3-9(5-10(8)11)12(14)15-7-13/h3-7H,1-2H3,(H3,13,14,15). The number of aliphatic imine (C=N–C) groups is 1. The van der Waals surface area contributed by atoms with Crippen molar-refractivity contribution in [3.05, 3.63) is 35.5 Å². The van der Waals surface area contributed by atoms with Crippen molar-refractivity contribution in [2.45, 2.75) is 6.92 Å². The number of aromatic nitrogens is 1. The molecule has 0 saturated heterocycles. The number of hydrogen-bond donors (Lipinski definition) is 2. The summed E-state index contributed by atoms with van der Waals surface area (Å²) < 4.78 is 2.08. The number of nitrogens with two attached hydrogens (primary N) is 1. The average molecular weight is 214 g/mol. The fraction of sp³-hybridized carbons (Fsp3) is 0.167. The number of amidine groups is 1. The molecule has 0 fully saturated rings. The smallest absolute Gasteiger partial charge is 0.132 e. The molecule has 0 aliphatic carbocycles. The fourth-order valence-corrected chi connectivity index (χ4v) is 1.89. The summed E-state index contributed by atoms with van der Waals surface area (Å²) in [5.74, 6) is 0.375. The lowest BCUT2D eigenvalue weighted by molar-refractivity contribution is 0.964. The molecular weight excluding hydrogens is 200 g/mol. The van der Waals surface area contributed by atoms with Crippen LogP contribution in [-0.4, -0.2) is 16.7 Å². The second-order valence-corrected chi connectivity index (χ2v) is 3.80. The van der Waals surface area contributed by atoms with Crippen LogP contribution in [0.4, 0.5) is 0 Å². The van der Waals surface area contributed by atoms with Crippen molar-refractivity contribution in [2.24, 2.45) is 17.8 Å². The summed E-state index contributed by atoms with van der Waals surface area (Å²) in [7, 11) is 2.02. The van der Waals surface area contributed by atoms with Crippen molar-refractivity contribution in [1.29, 1.82) is 5.41 Å². The molecule has 0 aliphatic heterocycles. The van der Waals surface area contributed by atoms with Crippen LogP contribution in [0.2, 0.25) is 0 Å². The summed E-state index contributed by atoms with van der Waals surface area (Å²) in [6.45, 7) is 2.07. The summed E-state index contributed by atoms with van der Waals surface area (Å²) in [6, 6.07) is 5.95. The molecule has 0 bridgehead atoms. The van der Waals surface area contributed by atoms with Gasteiger partial charge in [0.25, 0.3) is 0 Å². The van der Waals surface area contributed by atoms with Crippen molar-refractivity contribution < 1.29 is 0 Å². The van der Waals surface area contributed by atoms with Crippen LogP contribution in [-0.2, 0) is 7.05 Å². The van der Waals surface area contributed by atoms with Crippen molar-refractivity contribution >= 4 is 23.1 Å². The lowest BCUT2D eigenvalue weighted by atomic mass is 10.1. The van der Waals surface area contributed by atoms with E-state index < -0.39 is 0 Å². The Kier molecular flexibility index (Phi) is 2.48. The van der Waals surface area contributed by atoms with Crippen molar-refractivity contribution in [3.63, 3.8) is 0 Å². The number of benzene rings is 1. The molecule has 1 heterocycles. The minimum absolute atomic E-state index is 0.375. The first-order chi connectivity index (χ1) is 7.63. The van der Waals surface area contributed by atoms with Crippen LogP contribution in [0.1, 0.15) is 11.1 Å². The molecule has 0 atom stereocenters. The van der Waals surface area contributed by atoms with E-state index in [-0.39, 0.29) is 0 Å². The monoisotopic (exact) mass is 214 g/mol. The molecule has 0 amide bonds. The average Bonchev–Trinajstić information content (AvgIpc) is 2.55. The van der Waals surface area contributed by atoms with E-state index >= 15 is 0 Å². The van der Waals surface area contributed by atoms with Gasteiger partial charge in [-0.1, -0.05) is 0 Å². The Morgan fingerprint density at radius 3 is 2.94 bits per heavy atom. The van der Waals surface area contributed by atoms with Crippen LogP contribution in [0, 0.1) is 12.3 Å². The highest BCUT2D eigenvalue weighted by Crippen LogP contribution is 2.21. The molecule has 82 valence electrons. The van der Waals surface area contributed by atoms with Gasteiger partial charge in [0.15, 0.2) is 0 Å². The van der Waals surface area contributed by atoms with Gasteiger partial charge in [0.2, 0.25) is 0 Å². The van der Waals surface area contributed by atoms with E-state index in [1.165, 1.54) is 16.5 Å². The molecule has 2 aromatic rings. The van der Waals surface area contributed by atoms with Gasteiger partial charge in [0.1, 0.15) is 12.2 Å². The molecule has 0 spiro atoms. The van der Waals surface area contributed by atoms with E-state index in [9.17, 15) is 0 Å². The van der Waals surface area contributed by atoms with Crippen LogP contribution in [0.15, 0.2) is 29.4 Å². The van der Waals surface area contributed by atoms with Crippen LogP contribution < -0.4 is 5.73 Å².